The first-order chi connectivity index (χ1) is 16.1. The minimum Gasteiger partial charge on any atom is -0.390 e. The zero-order valence-corrected chi connectivity index (χ0v) is 16.3. The molecular weight excluding hydrogens is 623 g/mol. The van der Waals surface area contributed by atoms with Crippen molar-refractivity contribution >= 4 is 0 Å². The Balaban J connectivity index is 7.02. The third kappa shape index (κ3) is 6.55. The maximum Gasteiger partial charge on any atom is 0.458 e. The zero-order valence-electron chi connectivity index (χ0n) is 16.3. The van der Waals surface area contributed by atoms with E-state index in [9.17, 15) is 92.2 Å². The van der Waals surface area contributed by atoms with Crippen LogP contribution in [0.25, 0.3) is 0 Å². The van der Waals surface area contributed by atoms with Crippen molar-refractivity contribution in [2.75, 3.05) is 6.61 Å². The van der Waals surface area contributed by atoms with Crippen LogP contribution >= 0.6 is 0 Å². The molecule has 5 nitrogen and oxygen atoms in total. The van der Waals surface area contributed by atoms with E-state index in [4.69, 9.17) is 10.2 Å². The number of aliphatic hydroxyl groups is 2. The largest absolute Gasteiger partial charge is 0.458 e. The number of halogens is 21. The fourth-order valence-electron chi connectivity index (χ4n) is 1.69. The van der Waals surface area contributed by atoms with Crippen LogP contribution in [0, 0.1) is 0 Å². The summed E-state index contributed by atoms with van der Waals surface area (Å²) in [7, 11) is 0. The second-order valence-electron chi connectivity index (χ2n) is 6.42. The van der Waals surface area contributed by atoms with E-state index in [1.165, 1.54) is 9.47 Å². The van der Waals surface area contributed by atoms with Gasteiger partial charge in [0.1, 0.15) is 6.61 Å². The smallest absolute Gasteiger partial charge is 0.390 e. The van der Waals surface area contributed by atoms with Crippen molar-refractivity contribution in [1.82, 2.24) is 0 Å². The van der Waals surface area contributed by atoms with Gasteiger partial charge in [-0.3, -0.25) is 14.2 Å². The Morgan fingerprint density at radius 2 is 0.789 bits per heavy atom. The summed E-state index contributed by atoms with van der Waals surface area (Å²) in [6.45, 7) is -3.56. The molecular formula is C12H5F21O5. The highest BCUT2D eigenvalue weighted by atomic mass is 19.4. The molecule has 0 aliphatic heterocycles. The van der Waals surface area contributed by atoms with Crippen molar-refractivity contribution in [3.8, 4) is 0 Å². The summed E-state index contributed by atoms with van der Waals surface area (Å²) in [6, 6.07) is 0. The summed E-state index contributed by atoms with van der Waals surface area (Å²) in [4.78, 5) is 0. The topological polar surface area (TPSA) is 68.2 Å². The molecule has 0 amide bonds. The second kappa shape index (κ2) is 9.76. The standard InChI is InChI=1S/C12H5F21O5/c13-3(1-34,8(21,22)23)36-11(30,31)7(20,10(27,28)29)38-12(32,33)6(19,9(24,25)26)37-5(17,18)2(35)4(14,15)16/h2,34-35H,1H2. The lowest BCUT2D eigenvalue weighted by atomic mass is 10.2. The van der Waals surface area contributed by atoms with Crippen molar-refractivity contribution < 1.29 is 117 Å². The molecule has 0 saturated carbocycles. The molecule has 0 aromatic rings. The number of hydrogen-bond donors (Lipinski definition) is 2. The molecule has 0 bridgehead atoms. The van der Waals surface area contributed by atoms with Gasteiger partial charge in [-0.15, -0.1) is 0 Å². The van der Waals surface area contributed by atoms with E-state index in [1.807, 2.05) is 0 Å². The van der Waals surface area contributed by atoms with Gasteiger partial charge in [0.25, 0.3) is 0 Å². The van der Waals surface area contributed by atoms with Gasteiger partial charge < -0.3 is 10.2 Å². The molecule has 0 aliphatic carbocycles. The van der Waals surface area contributed by atoms with Gasteiger partial charge in [0.05, 0.1) is 0 Å². The van der Waals surface area contributed by atoms with Crippen LogP contribution in [0.2, 0.25) is 0 Å². The molecule has 38 heavy (non-hydrogen) atoms. The van der Waals surface area contributed by atoms with Crippen molar-refractivity contribution in [1.29, 1.82) is 0 Å². The molecule has 0 aromatic carbocycles. The van der Waals surface area contributed by atoms with E-state index in [0.717, 1.165) is 0 Å². The summed E-state index contributed by atoms with van der Waals surface area (Å²) in [6.07, 6.45) is -59.9. The van der Waals surface area contributed by atoms with E-state index in [1.54, 1.807) is 4.74 Å². The minimum atomic E-state index is -8.44. The quantitative estimate of drug-likeness (QED) is 0.317. The van der Waals surface area contributed by atoms with Gasteiger partial charge in [-0.25, -0.2) is 0 Å². The highest BCUT2D eigenvalue weighted by Crippen LogP contribution is 2.57. The number of ether oxygens (including phenoxy) is 3. The van der Waals surface area contributed by atoms with Crippen molar-refractivity contribution in [2.24, 2.45) is 0 Å². The monoisotopic (exact) mass is 628 g/mol. The maximum absolute atomic E-state index is 14.0. The van der Waals surface area contributed by atoms with E-state index in [2.05, 4.69) is 0 Å². The molecule has 4 atom stereocenters. The number of rotatable bonds is 10. The van der Waals surface area contributed by atoms with E-state index in [0.29, 0.717) is 0 Å². The summed E-state index contributed by atoms with van der Waals surface area (Å²) in [5.74, 6) is -23.2. The van der Waals surface area contributed by atoms with Gasteiger partial charge >= 0.3 is 60.6 Å². The Bertz CT molecular complexity index is 815. The van der Waals surface area contributed by atoms with Crippen LogP contribution in [-0.2, 0) is 14.2 Å². The number of hydrogen-bond acceptors (Lipinski definition) is 5. The van der Waals surface area contributed by atoms with Crippen LogP contribution in [0.4, 0.5) is 92.2 Å². The third-order valence-electron chi connectivity index (χ3n) is 3.57. The average Bonchev–Trinajstić information content (AvgIpc) is 2.62. The van der Waals surface area contributed by atoms with Gasteiger partial charge in [0, 0.05) is 0 Å². The van der Waals surface area contributed by atoms with Crippen LogP contribution in [0.1, 0.15) is 0 Å². The molecule has 0 spiro atoms. The predicted molar refractivity (Wildman–Crippen MR) is 66.9 cm³/mol. The summed E-state index contributed by atoms with van der Waals surface area (Å²) < 4.78 is 276. The highest BCUT2D eigenvalue weighted by molar-refractivity contribution is 4.96. The van der Waals surface area contributed by atoms with Crippen molar-refractivity contribution in [3.05, 3.63) is 0 Å². The lowest BCUT2D eigenvalue weighted by molar-refractivity contribution is -0.574. The van der Waals surface area contributed by atoms with Gasteiger partial charge in [-0.05, 0) is 0 Å². The fraction of sp³-hybridized carbons (Fsp3) is 1.00. The Labute approximate surface area is 191 Å². The van der Waals surface area contributed by atoms with Crippen LogP contribution in [0.15, 0.2) is 0 Å². The molecule has 0 aromatic heterocycles. The van der Waals surface area contributed by atoms with Gasteiger partial charge in [-0.1, -0.05) is 0 Å². The molecule has 26 heteroatoms. The first-order valence-corrected chi connectivity index (χ1v) is 7.95. The van der Waals surface area contributed by atoms with E-state index < -0.39 is 73.3 Å². The van der Waals surface area contributed by atoms with Crippen molar-refractivity contribution in [3.63, 3.8) is 0 Å². The fourth-order valence-corrected chi connectivity index (χ4v) is 1.69. The molecule has 4 unspecified atom stereocenters. The van der Waals surface area contributed by atoms with Crippen LogP contribution in [-0.4, -0.2) is 83.5 Å². The minimum absolute atomic E-state index is 1.23. The summed E-state index contributed by atoms with van der Waals surface area (Å²) in [5, 5.41) is 16.2. The molecule has 0 rings (SSSR count). The van der Waals surface area contributed by atoms with E-state index in [-0.39, 0.29) is 0 Å². The van der Waals surface area contributed by atoms with Crippen LogP contribution in [0.5, 0.6) is 0 Å². The Kier molecular flexibility index (Phi) is 9.33. The highest BCUT2D eigenvalue weighted by Gasteiger charge is 2.86. The Morgan fingerprint density at radius 1 is 0.474 bits per heavy atom. The Hall–Kier alpha value is -1.67. The third-order valence-corrected chi connectivity index (χ3v) is 3.57. The van der Waals surface area contributed by atoms with Gasteiger partial charge in [0.2, 0.25) is 6.10 Å². The normalized spacial score (nSPS) is 20.9. The zero-order chi connectivity index (χ0) is 31.4. The Morgan fingerprint density at radius 3 is 1.05 bits per heavy atom. The lowest BCUT2D eigenvalue weighted by Crippen LogP contribution is -2.70. The molecule has 0 heterocycles. The van der Waals surface area contributed by atoms with Gasteiger partial charge in [0.15, 0.2) is 0 Å². The lowest BCUT2D eigenvalue weighted by Gasteiger charge is -2.42. The second-order valence-corrected chi connectivity index (χ2v) is 6.42. The SMILES string of the molecule is OCC(F)(OC(F)(F)C(F)(OC(F)(F)C(F)(OC(F)(F)C(O)C(F)(F)F)C(F)(F)F)C(F)(F)F)C(F)(F)F. The molecule has 0 saturated heterocycles. The molecule has 2 N–H and O–H groups in total. The molecule has 230 valence electrons. The number of aliphatic hydroxyl groups excluding tert-OH is 2. The van der Waals surface area contributed by atoms with Crippen LogP contribution in [0.3, 0.4) is 0 Å². The first kappa shape index (κ1) is 36.3. The molecule has 0 fully saturated rings. The molecule has 0 aliphatic rings. The maximum atomic E-state index is 14.0. The van der Waals surface area contributed by atoms with E-state index >= 15 is 0 Å². The number of alkyl halides is 21. The van der Waals surface area contributed by atoms with Gasteiger partial charge in [-0.2, -0.15) is 92.2 Å². The molecule has 0 radical (unpaired) electrons. The summed E-state index contributed by atoms with van der Waals surface area (Å²) in [5.41, 5.74) is 0. The first-order valence-electron chi connectivity index (χ1n) is 7.95. The summed E-state index contributed by atoms with van der Waals surface area (Å²) >= 11 is 0. The predicted octanol–water partition coefficient (Wildman–Crippen LogP) is 5.41. The van der Waals surface area contributed by atoms with Crippen LogP contribution < -0.4 is 0 Å². The average molecular weight is 628 g/mol. The van der Waals surface area contributed by atoms with Crippen molar-refractivity contribution in [2.45, 2.75) is 66.7 Å².